The number of hydrogen-bond donors (Lipinski definition) is 1. The molecule has 0 amide bonds. The van der Waals surface area contributed by atoms with E-state index in [-0.39, 0.29) is 6.61 Å². The molecule has 194 valence electrons. The lowest BCUT2D eigenvalue weighted by molar-refractivity contribution is -0.138. The summed E-state index contributed by atoms with van der Waals surface area (Å²) in [5.41, 5.74) is 2.79. The summed E-state index contributed by atoms with van der Waals surface area (Å²) in [4.78, 5) is 17.8. The van der Waals surface area contributed by atoms with Crippen molar-refractivity contribution in [1.82, 2.24) is 14.8 Å². The number of ether oxygens (including phenoxy) is 3. The zero-order chi connectivity index (χ0) is 26.4. The standard InChI is InChI=1S/C27H29ClN4O4S/c1-5-12-35-25(33)23-17(3)29-26-30-27(37-13-6-2)31-32(26)24(23)19-10-11-21(22(15-19)34-4)36-16-18-8-7-9-20(28)14-18/h5,7-11,14-15,24H,1,6,12-13,16H2,2-4H3,(H,29,30,31). The van der Waals surface area contributed by atoms with Crippen LogP contribution >= 0.6 is 23.4 Å². The first-order valence-corrected chi connectivity index (χ1v) is 13.2. The number of carbonyl (C=O) groups is 1. The number of anilines is 1. The van der Waals surface area contributed by atoms with Gasteiger partial charge in [0.05, 0.1) is 12.7 Å². The molecule has 1 aromatic heterocycles. The third-order valence-corrected chi connectivity index (χ3v) is 6.89. The highest BCUT2D eigenvalue weighted by Gasteiger charge is 2.35. The second kappa shape index (κ2) is 12.2. The lowest BCUT2D eigenvalue weighted by atomic mass is 9.95. The second-order valence-electron chi connectivity index (χ2n) is 8.29. The highest BCUT2D eigenvalue weighted by Crippen LogP contribution is 2.40. The van der Waals surface area contributed by atoms with Gasteiger partial charge in [-0.15, -0.1) is 5.10 Å². The molecule has 1 aliphatic heterocycles. The van der Waals surface area contributed by atoms with Crippen LogP contribution in [0, 0.1) is 0 Å². The van der Waals surface area contributed by atoms with Gasteiger partial charge in [-0.1, -0.05) is 61.1 Å². The summed E-state index contributed by atoms with van der Waals surface area (Å²) in [6.45, 7) is 8.00. The molecular weight excluding hydrogens is 512 g/mol. The van der Waals surface area contributed by atoms with Gasteiger partial charge in [0.2, 0.25) is 11.1 Å². The molecule has 2 heterocycles. The molecule has 0 saturated carbocycles. The molecule has 1 unspecified atom stereocenters. The summed E-state index contributed by atoms with van der Waals surface area (Å²) in [5.74, 6) is 2.08. The molecule has 0 saturated heterocycles. The van der Waals surface area contributed by atoms with Gasteiger partial charge in [-0.25, -0.2) is 9.48 Å². The number of esters is 1. The molecule has 1 N–H and O–H groups in total. The summed E-state index contributed by atoms with van der Waals surface area (Å²) in [5, 5.41) is 9.21. The molecule has 37 heavy (non-hydrogen) atoms. The average molecular weight is 541 g/mol. The first kappa shape index (κ1) is 26.6. The number of nitrogens with zero attached hydrogens (tertiary/aromatic N) is 3. The number of nitrogens with one attached hydrogen (secondary N) is 1. The topological polar surface area (TPSA) is 87.5 Å². The van der Waals surface area contributed by atoms with E-state index in [1.54, 1.807) is 23.6 Å². The van der Waals surface area contributed by atoms with Gasteiger partial charge in [0.15, 0.2) is 11.5 Å². The lowest BCUT2D eigenvalue weighted by Gasteiger charge is -2.28. The van der Waals surface area contributed by atoms with Crippen LogP contribution in [0.1, 0.15) is 37.4 Å². The minimum Gasteiger partial charge on any atom is -0.493 e. The number of aromatic nitrogens is 3. The summed E-state index contributed by atoms with van der Waals surface area (Å²) in [7, 11) is 1.58. The van der Waals surface area contributed by atoms with Crippen LogP contribution in [0.3, 0.4) is 0 Å². The Labute approximate surface area is 225 Å². The van der Waals surface area contributed by atoms with Crippen molar-refractivity contribution >= 4 is 35.3 Å². The largest absolute Gasteiger partial charge is 0.493 e. The fourth-order valence-corrected chi connectivity index (χ4v) is 4.83. The Morgan fingerprint density at radius 1 is 1.27 bits per heavy atom. The van der Waals surface area contributed by atoms with Gasteiger partial charge in [0.1, 0.15) is 19.3 Å². The summed E-state index contributed by atoms with van der Waals surface area (Å²) >= 11 is 7.66. The van der Waals surface area contributed by atoms with E-state index in [1.165, 1.54) is 6.08 Å². The van der Waals surface area contributed by atoms with Crippen LogP contribution in [0.15, 0.2) is 71.5 Å². The number of benzene rings is 2. The smallest absolute Gasteiger partial charge is 0.338 e. The van der Waals surface area contributed by atoms with E-state index in [4.69, 9.17) is 30.9 Å². The predicted octanol–water partition coefficient (Wildman–Crippen LogP) is 6.04. The number of fused-ring (bicyclic) bond motifs is 1. The highest BCUT2D eigenvalue weighted by molar-refractivity contribution is 7.99. The number of allylic oxidation sites excluding steroid dienone is 1. The molecule has 3 aromatic rings. The van der Waals surface area contributed by atoms with Crippen LogP contribution in [0.2, 0.25) is 5.02 Å². The quantitative estimate of drug-likeness (QED) is 0.179. The van der Waals surface area contributed by atoms with Crippen molar-refractivity contribution in [2.24, 2.45) is 0 Å². The molecule has 8 nitrogen and oxygen atoms in total. The Bertz CT molecular complexity index is 1320. The third-order valence-electron chi connectivity index (χ3n) is 5.61. The maximum Gasteiger partial charge on any atom is 0.338 e. The van der Waals surface area contributed by atoms with Gasteiger partial charge in [-0.2, -0.15) is 4.98 Å². The van der Waals surface area contributed by atoms with Gasteiger partial charge in [0, 0.05) is 16.5 Å². The van der Waals surface area contributed by atoms with Crippen molar-refractivity contribution in [1.29, 1.82) is 0 Å². The van der Waals surface area contributed by atoms with Crippen LogP contribution in [0.25, 0.3) is 0 Å². The second-order valence-corrected chi connectivity index (χ2v) is 9.79. The van der Waals surface area contributed by atoms with Gasteiger partial charge in [-0.3, -0.25) is 0 Å². The SMILES string of the molecule is C=CCOC(=O)C1=C(C)Nc2nc(SCCC)nn2C1c1ccc(OCc2cccc(Cl)c2)c(OC)c1. The summed E-state index contributed by atoms with van der Waals surface area (Å²) < 4.78 is 18.8. The van der Waals surface area contributed by atoms with Crippen molar-refractivity contribution in [2.45, 2.75) is 38.1 Å². The highest BCUT2D eigenvalue weighted by atomic mass is 35.5. The Morgan fingerprint density at radius 3 is 2.84 bits per heavy atom. The molecule has 0 spiro atoms. The minimum absolute atomic E-state index is 0.101. The van der Waals surface area contributed by atoms with Gasteiger partial charge < -0.3 is 19.5 Å². The van der Waals surface area contributed by atoms with Gasteiger partial charge >= 0.3 is 5.97 Å². The first-order chi connectivity index (χ1) is 17.9. The Hall–Kier alpha value is -3.43. The van der Waals surface area contributed by atoms with Crippen molar-refractivity contribution in [3.05, 3.63) is 82.5 Å². The Balaban J connectivity index is 1.70. The fourth-order valence-electron chi connectivity index (χ4n) is 3.93. The van der Waals surface area contributed by atoms with Crippen LogP contribution in [-0.4, -0.2) is 40.2 Å². The lowest BCUT2D eigenvalue weighted by Crippen LogP contribution is -2.29. The molecule has 10 heteroatoms. The van der Waals surface area contributed by atoms with E-state index >= 15 is 0 Å². The van der Waals surface area contributed by atoms with Crippen LogP contribution in [0.5, 0.6) is 11.5 Å². The Kier molecular flexibility index (Phi) is 8.78. The van der Waals surface area contributed by atoms with Crippen LogP contribution < -0.4 is 14.8 Å². The summed E-state index contributed by atoms with van der Waals surface area (Å²) in [6.07, 6.45) is 2.53. The third kappa shape index (κ3) is 6.11. The monoisotopic (exact) mass is 540 g/mol. The van der Waals surface area contributed by atoms with Crippen molar-refractivity contribution < 1.29 is 19.0 Å². The minimum atomic E-state index is -0.576. The molecule has 1 atom stereocenters. The van der Waals surface area contributed by atoms with E-state index < -0.39 is 12.0 Å². The van der Waals surface area contributed by atoms with E-state index in [2.05, 4.69) is 23.8 Å². The number of thioether (sulfide) groups is 1. The normalized spacial score (nSPS) is 14.5. The van der Waals surface area contributed by atoms with E-state index in [1.807, 2.05) is 49.4 Å². The molecule has 2 aromatic carbocycles. The number of methoxy groups -OCH3 is 1. The average Bonchev–Trinajstić information content (AvgIpc) is 3.30. The fraction of sp³-hybridized carbons (Fsp3) is 0.296. The number of carbonyl (C=O) groups excluding carboxylic acids is 1. The van der Waals surface area contributed by atoms with Crippen LogP contribution in [-0.2, 0) is 16.1 Å². The number of hydrogen-bond acceptors (Lipinski definition) is 8. The van der Waals surface area contributed by atoms with Gasteiger partial charge in [-0.05, 0) is 48.7 Å². The molecule has 0 aliphatic carbocycles. The zero-order valence-electron chi connectivity index (χ0n) is 21.0. The van der Waals surface area contributed by atoms with E-state index in [0.29, 0.717) is 45.5 Å². The summed E-state index contributed by atoms with van der Waals surface area (Å²) in [6, 6.07) is 12.5. The van der Waals surface area contributed by atoms with Gasteiger partial charge in [0.25, 0.3) is 0 Å². The number of halogens is 1. The molecule has 1 aliphatic rings. The predicted molar refractivity (Wildman–Crippen MR) is 145 cm³/mol. The van der Waals surface area contributed by atoms with Crippen molar-refractivity contribution in [3.8, 4) is 11.5 Å². The van der Waals surface area contributed by atoms with Crippen molar-refractivity contribution in [2.75, 3.05) is 24.8 Å². The van der Waals surface area contributed by atoms with Crippen LogP contribution in [0.4, 0.5) is 5.95 Å². The van der Waals surface area contributed by atoms with E-state index in [0.717, 1.165) is 23.3 Å². The maximum absolute atomic E-state index is 13.1. The molecule has 0 fully saturated rings. The Morgan fingerprint density at radius 2 is 2.11 bits per heavy atom. The molecular formula is C27H29ClN4O4S. The van der Waals surface area contributed by atoms with E-state index in [9.17, 15) is 4.79 Å². The van der Waals surface area contributed by atoms with Crippen molar-refractivity contribution in [3.63, 3.8) is 0 Å². The zero-order valence-corrected chi connectivity index (χ0v) is 22.6. The molecule has 4 rings (SSSR count). The molecule has 0 radical (unpaired) electrons. The maximum atomic E-state index is 13.1. The molecule has 0 bridgehead atoms. The first-order valence-electron chi connectivity index (χ1n) is 11.9. The number of rotatable bonds is 11.